The molecule has 0 heterocycles. The zero-order valence-electron chi connectivity index (χ0n) is 13.1. The highest BCUT2D eigenvalue weighted by Crippen LogP contribution is 2.31. The monoisotopic (exact) mass is 349 g/mol. The van der Waals surface area contributed by atoms with E-state index in [0.29, 0.717) is 5.56 Å². The van der Waals surface area contributed by atoms with Crippen molar-refractivity contribution in [1.82, 2.24) is 4.72 Å². The minimum atomic E-state index is -4.43. The SMILES string of the molecule is C[C@@H](NS(=O)(=O)CC1CCCCC1)c1cccc(C(F)(F)F)c1. The third-order valence-electron chi connectivity index (χ3n) is 4.25. The van der Waals surface area contributed by atoms with E-state index in [1.807, 2.05) is 0 Å². The third-order valence-corrected chi connectivity index (χ3v) is 5.87. The Morgan fingerprint density at radius 3 is 2.48 bits per heavy atom. The molecule has 130 valence electrons. The van der Waals surface area contributed by atoms with E-state index in [-0.39, 0.29) is 11.7 Å². The molecule has 1 saturated carbocycles. The number of hydrogen-bond donors (Lipinski definition) is 1. The van der Waals surface area contributed by atoms with Crippen LogP contribution in [0.3, 0.4) is 0 Å². The molecule has 3 nitrogen and oxygen atoms in total. The van der Waals surface area contributed by atoms with Crippen LogP contribution in [0.2, 0.25) is 0 Å². The zero-order chi connectivity index (χ0) is 17.1. The van der Waals surface area contributed by atoms with Crippen molar-refractivity contribution in [2.45, 2.75) is 51.2 Å². The maximum Gasteiger partial charge on any atom is 0.416 e. The Kier molecular flexibility index (Phi) is 5.73. The predicted octanol–water partition coefficient (Wildman–Crippen LogP) is 4.27. The number of alkyl halides is 3. The fourth-order valence-corrected chi connectivity index (χ4v) is 4.76. The van der Waals surface area contributed by atoms with Gasteiger partial charge >= 0.3 is 6.18 Å². The van der Waals surface area contributed by atoms with Crippen molar-refractivity contribution in [3.63, 3.8) is 0 Å². The van der Waals surface area contributed by atoms with Gasteiger partial charge < -0.3 is 0 Å². The first kappa shape index (κ1) is 18.3. The molecule has 23 heavy (non-hydrogen) atoms. The molecule has 0 radical (unpaired) electrons. The largest absolute Gasteiger partial charge is 0.416 e. The van der Waals surface area contributed by atoms with Crippen LogP contribution in [0.1, 0.15) is 56.2 Å². The quantitative estimate of drug-likeness (QED) is 0.863. The first-order valence-electron chi connectivity index (χ1n) is 7.84. The fourth-order valence-electron chi connectivity index (χ4n) is 3.03. The normalized spacial score (nSPS) is 18.8. The van der Waals surface area contributed by atoms with Crippen LogP contribution >= 0.6 is 0 Å². The average molecular weight is 349 g/mol. The van der Waals surface area contributed by atoms with Crippen LogP contribution in [-0.2, 0) is 16.2 Å². The van der Waals surface area contributed by atoms with Gasteiger partial charge in [0, 0.05) is 6.04 Å². The van der Waals surface area contributed by atoms with Gasteiger partial charge in [-0.1, -0.05) is 31.4 Å². The lowest BCUT2D eigenvalue weighted by molar-refractivity contribution is -0.137. The molecule has 1 aromatic carbocycles. The maximum atomic E-state index is 12.7. The summed E-state index contributed by atoms with van der Waals surface area (Å²) in [6.45, 7) is 1.56. The zero-order valence-corrected chi connectivity index (χ0v) is 13.9. The van der Waals surface area contributed by atoms with Gasteiger partial charge in [0.05, 0.1) is 11.3 Å². The summed E-state index contributed by atoms with van der Waals surface area (Å²) < 4.78 is 65.2. The second-order valence-electron chi connectivity index (χ2n) is 6.25. The summed E-state index contributed by atoms with van der Waals surface area (Å²) >= 11 is 0. The van der Waals surface area contributed by atoms with E-state index < -0.39 is 27.8 Å². The van der Waals surface area contributed by atoms with Crippen molar-refractivity contribution in [1.29, 1.82) is 0 Å². The predicted molar refractivity (Wildman–Crippen MR) is 83.4 cm³/mol. The molecule has 0 bridgehead atoms. The molecule has 1 aliphatic carbocycles. The Labute approximate surface area is 135 Å². The molecule has 2 rings (SSSR count). The van der Waals surface area contributed by atoms with Crippen molar-refractivity contribution in [3.05, 3.63) is 35.4 Å². The van der Waals surface area contributed by atoms with Gasteiger partial charge in [-0.05, 0) is 43.4 Å². The van der Waals surface area contributed by atoms with E-state index in [1.54, 1.807) is 6.92 Å². The maximum absolute atomic E-state index is 12.7. The molecular formula is C16H22F3NO2S. The summed E-state index contributed by atoms with van der Waals surface area (Å²) in [6, 6.07) is 4.08. The summed E-state index contributed by atoms with van der Waals surface area (Å²) in [5.41, 5.74) is -0.458. The van der Waals surface area contributed by atoms with Crippen LogP contribution < -0.4 is 4.72 Å². The molecule has 0 aromatic heterocycles. The standard InChI is InChI=1S/C16H22F3NO2S/c1-12(14-8-5-9-15(10-14)16(17,18)19)20-23(21,22)11-13-6-3-2-4-7-13/h5,8-10,12-13,20H,2-4,6-7,11H2,1H3/t12-/m1/s1. The summed E-state index contributed by atoms with van der Waals surface area (Å²) in [5.74, 6) is 0.200. The summed E-state index contributed by atoms with van der Waals surface area (Å²) in [7, 11) is -3.51. The molecule has 0 unspecified atom stereocenters. The van der Waals surface area contributed by atoms with E-state index >= 15 is 0 Å². The molecule has 0 aliphatic heterocycles. The van der Waals surface area contributed by atoms with Crippen molar-refractivity contribution in [2.24, 2.45) is 5.92 Å². The molecule has 1 fully saturated rings. The van der Waals surface area contributed by atoms with Crippen molar-refractivity contribution < 1.29 is 21.6 Å². The van der Waals surface area contributed by atoms with Gasteiger partial charge in [-0.3, -0.25) is 0 Å². The van der Waals surface area contributed by atoms with Gasteiger partial charge in [-0.25, -0.2) is 13.1 Å². The van der Waals surface area contributed by atoms with E-state index in [9.17, 15) is 21.6 Å². The molecular weight excluding hydrogens is 327 g/mol. The number of sulfonamides is 1. The minimum absolute atomic E-state index is 0.0519. The van der Waals surface area contributed by atoms with Crippen molar-refractivity contribution in [2.75, 3.05) is 5.75 Å². The lowest BCUT2D eigenvalue weighted by Gasteiger charge is -2.23. The molecule has 0 saturated heterocycles. The Hall–Kier alpha value is -1.08. The number of nitrogens with one attached hydrogen (secondary N) is 1. The highest BCUT2D eigenvalue weighted by atomic mass is 32.2. The highest BCUT2D eigenvalue weighted by Gasteiger charge is 2.31. The number of rotatable bonds is 5. The van der Waals surface area contributed by atoms with Gasteiger partial charge in [0.1, 0.15) is 0 Å². The number of hydrogen-bond acceptors (Lipinski definition) is 2. The van der Waals surface area contributed by atoms with Crippen LogP contribution in [0.5, 0.6) is 0 Å². The van der Waals surface area contributed by atoms with Gasteiger partial charge in [-0.15, -0.1) is 0 Å². The van der Waals surface area contributed by atoms with Crippen LogP contribution in [0.25, 0.3) is 0 Å². The van der Waals surface area contributed by atoms with Crippen molar-refractivity contribution in [3.8, 4) is 0 Å². The van der Waals surface area contributed by atoms with E-state index in [0.717, 1.165) is 44.2 Å². The Bertz CT molecular complexity index is 622. The smallest absolute Gasteiger partial charge is 0.212 e. The van der Waals surface area contributed by atoms with Gasteiger partial charge in [0.2, 0.25) is 10.0 Å². The van der Waals surface area contributed by atoms with Gasteiger partial charge in [0.15, 0.2) is 0 Å². The molecule has 1 aliphatic rings. The topological polar surface area (TPSA) is 46.2 Å². The van der Waals surface area contributed by atoms with Crippen molar-refractivity contribution >= 4 is 10.0 Å². The van der Waals surface area contributed by atoms with E-state index in [4.69, 9.17) is 0 Å². The summed E-state index contributed by atoms with van der Waals surface area (Å²) in [4.78, 5) is 0. The molecule has 1 atom stereocenters. The number of halogens is 3. The fraction of sp³-hybridized carbons (Fsp3) is 0.625. The molecule has 7 heteroatoms. The third kappa shape index (κ3) is 5.49. The molecule has 1 N–H and O–H groups in total. The van der Waals surface area contributed by atoms with Crippen LogP contribution in [-0.4, -0.2) is 14.2 Å². The molecule has 0 spiro atoms. The van der Waals surface area contributed by atoms with Gasteiger partial charge in [0.25, 0.3) is 0 Å². The average Bonchev–Trinajstić information content (AvgIpc) is 2.46. The lowest BCUT2D eigenvalue weighted by Crippen LogP contribution is -2.32. The Morgan fingerprint density at radius 2 is 1.87 bits per heavy atom. The van der Waals surface area contributed by atoms with Crippen LogP contribution in [0, 0.1) is 5.92 Å². The van der Waals surface area contributed by atoms with Crippen LogP contribution in [0.4, 0.5) is 13.2 Å². The van der Waals surface area contributed by atoms with E-state index in [1.165, 1.54) is 12.1 Å². The highest BCUT2D eigenvalue weighted by molar-refractivity contribution is 7.89. The first-order valence-corrected chi connectivity index (χ1v) is 9.50. The molecule has 0 amide bonds. The number of benzene rings is 1. The summed E-state index contributed by atoms with van der Waals surface area (Å²) in [6.07, 6.45) is 0.603. The first-order chi connectivity index (χ1) is 10.7. The van der Waals surface area contributed by atoms with Gasteiger partial charge in [-0.2, -0.15) is 13.2 Å². The van der Waals surface area contributed by atoms with Crippen LogP contribution in [0.15, 0.2) is 24.3 Å². The second-order valence-corrected chi connectivity index (χ2v) is 8.05. The minimum Gasteiger partial charge on any atom is -0.212 e. The Balaban J connectivity index is 2.04. The second kappa shape index (κ2) is 7.21. The molecule has 1 aromatic rings. The lowest BCUT2D eigenvalue weighted by atomic mass is 9.91. The van der Waals surface area contributed by atoms with E-state index in [2.05, 4.69) is 4.72 Å². The Morgan fingerprint density at radius 1 is 1.22 bits per heavy atom. The summed E-state index contributed by atoms with van der Waals surface area (Å²) in [5, 5.41) is 0.